The maximum absolute atomic E-state index is 12.2. The molecule has 2 N–H and O–H groups in total. The topological polar surface area (TPSA) is 50.4 Å². The molecule has 4 nitrogen and oxygen atoms in total. The van der Waals surface area contributed by atoms with Crippen molar-refractivity contribution in [2.75, 3.05) is 7.11 Å². The predicted octanol–water partition coefficient (Wildman–Crippen LogP) is 3.35. The zero-order chi connectivity index (χ0) is 15.6. The molecule has 112 valence electrons. The van der Waals surface area contributed by atoms with E-state index < -0.39 is 12.0 Å². The molecule has 0 aromatic heterocycles. The van der Waals surface area contributed by atoms with Crippen molar-refractivity contribution in [2.24, 2.45) is 0 Å². The lowest BCUT2D eigenvalue weighted by atomic mass is 9.94. The van der Waals surface area contributed by atoms with Gasteiger partial charge >= 0.3 is 5.97 Å². The van der Waals surface area contributed by atoms with E-state index in [0.29, 0.717) is 38.4 Å². The number of hydrogen-bond acceptors (Lipinski definition) is 3. The third-order valence-corrected chi connectivity index (χ3v) is 4.08. The Kier molecular flexibility index (Phi) is 5.08. The molecule has 0 saturated carbocycles. The van der Waals surface area contributed by atoms with Crippen LogP contribution >= 0.6 is 35.4 Å². The highest BCUT2D eigenvalue weighted by atomic mass is 35.5. The first-order valence-corrected chi connectivity index (χ1v) is 7.48. The number of carbonyl (C=O) groups is 1. The molecule has 0 amide bonds. The Balaban J connectivity index is 2.63. The van der Waals surface area contributed by atoms with Gasteiger partial charge in [0.15, 0.2) is 5.11 Å². The summed E-state index contributed by atoms with van der Waals surface area (Å²) >= 11 is 17.7. The summed E-state index contributed by atoms with van der Waals surface area (Å²) < 4.78 is 4.88. The Morgan fingerprint density at radius 2 is 2.00 bits per heavy atom. The molecule has 1 aromatic carbocycles. The molecule has 0 fully saturated rings. The molecule has 0 spiro atoms. The van der Waals surface area contributed by atoms with Crippen LogP contribution in [-0.2, 0) is 9.53 Å². The van der Waals surface area contributed by atoms with Crippen molar-refractivity contribution in [2.45, 2.75) is 19.4 Å². The van der Waals surface area contributed by atoms with E-state index >= 15 is 0 Å². The second-order valence-electron chi connectivity index (χ2n) is 4.40. The van der Waals surface area contributed by atoms with E-state index in [9.17, 15) is 4.79 Å². The van der Waals surface area contributed by atoms with Gasteiger partial charge in [0.25, 0.3) is 0 Å². The molecule has 1 aliphatic rings. The second-order valence-corrected chi connectivity index (χ2v) is 5.63. The normalized spacial score (nSPS) is 18.1. The molecule has 0 bridgehead atoms. The fraction of sp³-hybridized carbons (Fsp3) is 0.286. The van der Waals surface area contributed by atoms with E-state index in [0.717, 1.165) is 0 Å². The number of allylic oxidation sites excluding steroid dienone is 1. The van der Waals surface area contributed by atoms with E-state index in [1.807, 2.05) is 6.92 Å². The van der Waals surface area contributed by atoms with Gasteiger partial charge in [-0.25, -0.2) is 4.79 Å². The van der Waals surface area contributed by atoms with E-state index in [1.54, 1.807) is 18.2 Å². The first kappa shape index (κ1) is 16.1. The van der Waals surface area contributed by atoms with E-state index in [1.165, 1.54) is 7.11 Å². The van der Waals surface area contributed by atoms with Crippen LogP contribution in [-0.4, -0.2) is 18.2 Å². The molecule has 2 rings (SSSR count). The summed E-state index contributed by atoms with van der Waals surface area (Å²) in [5.41, 5.74) is 1.74. The first-order chi connectivity index (χ1) is 9.99. The number of hydrogen-bond donors (Lipinski definition) is 2. The van der Waals surface area contributed by atoms with E-state index in [-0.39, 0.29) is 0 Å². The van der Waals surface area contributed by atoms with Gasteiger partial charge in [-0.1, -0.05) is 36.2 Å². The summed E-state index contributed by atoms with van der Waals surface area (Å²) in [7, 11) is 1.33. The zero-order valence-corrected chi connectivity index (χ0v) is 13.8. The number of methoxy groups -OCH3 is 1. The molecule has 7 heteroatoms. The highest BCUT2D eigenvalue weighted by molar-refractivity contribution is 7.80. The highest BCUT2D eigenvalue weighted by Crippen LogP contribution is 2.37. The van der Waals surface area contributed by atoms with Crippen molar-refractivity contribution in [1.29, 1.82) is 0 Å². The van der Waals surface area contributed by atoms with Gasteiger partial charge in [0.2, 0.25) is 0 Å². The first-order valence-electron chi connectivity index (χ1n) is 6.32. The van der Waals surface area contributed by atoms with Crippen LogP contribution in [0.25, 0.3) is 0 Å². The number of nitrogens with one attached hydrogen (secondary N) is 2. The highest BCUT2D eigenvalue weighted by Gasteiger charge is 2.33. The van der Waals surface area contributed by atoms with Crippen LogP contribution in [0.3, 0.4) is 0 Å². The number of benzene rings is 1. The van der Waals surface area contributed by atoms with Gasteiger partial charge in [-0.05, 0) is 30.8 Å². The Morgan fingerprint density at radius 1 is 1.38 bits per heavy atom. The molecule has 1 atom stereocenters. The van der Waals surface area contributed by atoms with E-state index in [2.05, 4.69) is 10.6 Å². The Bertz CT molecular complexity index is 611. The lowest BCUT2D eigenvalue weighted by molar-refractivity contribution is -0.136. The number of ether oxygens (including phenoxy) is 1. The Morgan fingerprint density at radius 3 is 2.52 bits per heavy atom. The maximum atomic E-state index is 12.2. The van der Waals surface area contributed by atoms with Crippen LogP contribution in [0.15, 0.2) is 29.5 Å². The summed E-state index contributed by atoms with van der Waals surface area (Å²) in [6, 6.07) is 4.64. The van der Waals surface area contributed by atoms with Gasteiger partial charge in [-0.15, -0.1) is 0 Å². The smallest absolute Gasteiger partial charge is 0.337 e. The molecule has 0 saturated heterocycles. The number of thiocarbonyl (C=S) groups is 1. The summed E-state index contributed by atoms with van der Waals surface area (Å²) in [5.74, 6) is -0.449. The minimum Gasteiger partial charge on any atom is -0.466 e. The van der Waals surface area contributed by atoms with Gasteiger partial charge in [-0.3, -0.25) is 0 Å². The Labute approximate surface area is 138 Å². The van der Waals surface area contributed by atoms with Crippen molar-refractivity contribution < 1.29 is 9.53 Å². The summed E-state index contributed by atoms with van der Waals surface area (Å²) in [6.45, 7) is 1.92. The van der Waals surface area contributed by atoms with Gasteiger partial charge in [0.05, 0.1) is 18.7 Å². The number of carbonyl (C=O) groups excluding carboxylic acids is 1. The molecule has 0 aliphatic carbocycles. The van der Waals surface area contributed by atoms with Crippen molar-refractivity contribution in [1.82, 2.24) is 10.6 Å². The maximum Gasteiger partial charge on any atom is 0.337 e. The molecule has 1 heterocycles. The number of rotatable bonds is 3. The van der Waals surface area contributed by atoms with E-state index in [4.69, 9.17) is 40.2 Å². The largest absolute Gasteiger partial charge is 0.466 e. The average Bonchev–Trinajstić information content (AvgIpc) is 2.45. The molecule has 21 heavy (non-hydrogen) atoms. The van der Waals surface area contributed by atoms with Crippen molar-refractivity contribution in [3.05, 3.63) is 45.1 Å². The van der Waals surface area contributed by atoms with Gasteiger partial charge in [0.1, 0.15) is 0 Å². The summed E-state index contributed by atoms with van der Waals surface area (Å²) in [6.07, 6.45) is 0.602. The monoisotopic (exact) mass is 344 g/mol. The van der Waals surface area contributed by atoms with Crippen LogP contribution in [0.4, 0.5) is 0 Å². The lowest BCUT2D eigenvalue weighted by Crippen LogP contribution is -2.45. The lowest BCUT2D eigenvalue weighted by Gasteiger charge is -2.31. The van der Waals surface area contributed by atoms with Crippen LogP contribution in [0, 0.1) is 0 Å². The van der Waals surface area contributed by atoms with Crippen LogP contribution in [0.1, 0.15) is 24.9 Å². The molecular weight excluding hydrogens is 331 g/mol. The second kappa shape index (κ2) is 6.64. The van der Waals surface area contributed by atoms with Gasteiger partial charge in [-0.2, -0.15) is 0 Å². The van der Waals surface area contributed by atoms with Gasteiger partial charge in [0, 0.05) is 21.3 Å². The molecule has 1 aliphatic heterocycles. The Hall–Kier alpha value is -1.30. The van der Waals surface area contributed by atoms with Crippen LogP contribution < -0.4 is 10.6 Å². The fourth-order valence-corrected chi connectivity index (χ4v) is 3.11. The van der Waals surface area contributed by atoms with Crippen molar-refractivity contribution >= 4 is 46.5 Å². The molecule has 0 radical (unpaired) electrons. The molecule has 0 unspecified atom stereocenters. The third-order valence-electron chi connectivity index (χ3n) is 3.20. The van der Waals surface area contributed by atoms with Crippen molar-refractivity contribution in [3.8, 4) is 0 Å². The van der Waals surface area contributed by atoms with Gasteiger partial charge < -0.3 is 15.4 Å². The molecule has 1 aromatic rings. The van der Waals surface area contributed by atoms with Crippen LogP contribution in [0.2, 0.25) is 10.0 Å². The number of halogens is 2. The zero-order valence-electron chi connectivity index (χ0n) is 11.5. The van der Waals surface area contributed by atoms with Crippen LogP contribution in [0.5, 0.6) is 0 Å². The predicted molar refractivity (Wildman–Crippen MR) is 87.4 cm³/mol. The third kappa shape index (κ3) is 3.15. The SMILES string of the molecule is CCC1=C(C(=O)OC)[C@@H](c2c(Cl)cccc2Cl)NC(=S)N1. The minimum atomic E-state index is -0.539. The van der Waals surface area contributed by atoms with Crippen molar-refractivity contribution in [3.63, 3.8) is 0 Å². The summed E-state index contributed by atoms with van der Waals surface area (Å²) in [5, 5.41) is 7.36. The summed E-state index contributed by atoms with van der Waals surface area (Å²) in [4.78, 5) is 12.2. The fourth-order valence-electron chi connectivity index (χ4n) is 2.25. The average molecular weight is 345 g/mol. The minimum absolute atomic E-state index is 0.417. The quantitative estimate of drug-likeness (QED) is 0.650. The number of esters is 1. The standard InChI is InChI=1S/C14H14Cl2N2O2S/c1-3-9-11(13(19)20-2)12(18-14(21)17-9)10-7(15)5-4-6-8(10)16/h4-6,12H,3H2,1-2H3,(H2,17,18,21)/t12-/m1/s1. The molecular formula is C14H14Cl2N2O2S.